The molecule has 5 nitrogen and oxygen atoms in total. The molecule has 0 aliphatic carbocycles. The maximum atomic E-state index is 6.25. The quantitative estimate of drug-likeness (QED) is 0.272. The number of methoxy groups -OCH3 is 1. The van der Waals surface area contributed by atoms with Crippen LogP contribution in [0.2, 0.25) is 5.02 Å². The fraction of sp³-hybridized carbons (Fsp3) is 0.389. The van der Waals surface area contributed by atoms with Gasteiger partial charge in [0.05, 0.1) is 19.4 Å². The molecular formula is C18H25ClIN3O2. The molecule has 0 fully saturated rings. The molecule has 7 heteroatoms. The molecule has 1 N–H and O–H groups in total. The van der Waals surface area contributed by atoms with Gasteiger partial charge in [-0.1, -0.05) is 29.8 Å². The summed E-state index contributed by atoms with van der Waals surface area (Å²) in [6, 6.07) is 11.7. The van der Waals surface area contributed by atoms with E-state index in [1.807, 2.05) is 43.4 Å². The SMILES string of the molecule is COCCN=C(NCCc1ccco1)N(C)Cc1ccccc1Cl.I. The van der Waals surface area contributed by atoms with Crippen molar-refractivity contribution in [3.63, 3.8) is 0 Å². The Hall–Kier alpha value is -1.25. The summed E-state index contributed by atoms with van der Waals surface area (Å²) in [5, 5.41) is 4.13. The van der Waals surface area contributed by atoms with E-state index < -0.39 is 0 Å². The minimum Gasteiger partial charge on any atom is -0.469 e. The van der Waals surface area contributed by atoms with E-state index in [2.05, 4.69) is 15.2 Å². The minimum absolute atomic E-state index is 0. The van der Waals surface area contributed by atoms with Crippen LogP contribution >= 0.6 is 35.6 Å². The Balaban J connectivity index is 0.00000312. The molecule has 2 rings (SSSR count). The van der Waals surface area contributed by atoms with Gasteiger partial charge < -0.3 is 19.4 Å². The first-order valence-corrected chi connectivity index (χ1v) is 8.32. The number of rotatable bonds is 8. The summed E-state index contributed by atoms with van der Waals surface area (Å²) in [5.74, 6) is 1.77. The highest BCUT2D eigenvalue weighted by Crippen LogP contribution is 2.16. The normalized spacial score (nSPS) is 11.1. The lowest BCUT2D eigenvalue weighted by Crippen LogP contribution is -2.39. The van der Waals surface area contributed by atoms with Gasteiger partial charge in [0.2, 0.25) is 0 Å². The first-order valence-electron chi connectivity index (χ1n) is 7.95. The van der Waals surface area contributed by atoms with Crippen LogP contribution in [-0.4, -0.2) is 44.7 Å². The Labute approximate surface area is 171 Å². The molecule has 0 unspecified atom stereocenters. The van der Waals surface area contributed by atoms with E-state index >= 15 is 0 Å². The number of nitrogens with one attached hydrogen (secondary N) is 1. The van der Waals surface area contributed by atoms with Gasteiger partial charge in [-0.25, -0.2) is 0 Å². The van der Waals surface area contributed by atoms with Crippen LogP contribution in [0.15, 0.2) is 52.1 Å². The van der Waals surface area contributed by atoms with E-state index in [0.717, 1.165) is 35.3 Å². The predicted octanol–water partition coefficient (Wildman–Crippen LogP) is 3.82. The van der Waals surface area contributed by atoms with Crippen molar-refractivity contribution in [3.8, 4) is 0 Å². The zero-order valence-corrected chi connectivity index (χ0v) is 17.7. The number of guanidine groups is 1. The molecule has 0 spiro atoms. The zero-order valence-electron chi connectivity index (χ0n) is 14.6. The Morgan fingerprint density at radius 1 is 1.28 bits per heavy atom. The largest absolute Gasteiger partial charge is 0.469 e. The monoisotopic (exact) mass is 477 g/mol. The molecule has 0 aliphatic rings. The third-order valence-corrected chi connectivity index (χ3v) is 3.89. The summed E-state index contributed by atoms with van der Waals surface area (Å²) in [4.78, 5) is 6.65. The lowest BCUT2D eigenvalue weighted by Gasteiger charge is -2.23. The fourth-order valence-electron chi connectivity index (χ4n) is 2.26. The van der Waals surface area contributed by atoms with Crippen LogP contribution in [0, 0.1) is 0 Å². The van der Waals surface area contributed by atoms with Gasteiger partial charge in [-0.05, 0) is 23.8 Å². The first-order chi connectivity index (χ1) is 11.7. The van der Waals surface area contributed by atoms with E-state index in [0.29, 0.717) is 19.7 Å². The molecule has 1 heterocycles. The molecule has 1 aromatic heterocycles. The standard InChI is InChI=1S/C18H24ClN3O2.HI/c1-22(14-15-6-3-4-8-17(15)19)18(21-11-13-23-2)20-10-9-16-7-5-12-24-16;/h3-8,12H,9-11,13-14H2,1-2H3,(H,20,21);1H. The van der Waals surface area contributed by atoms with Gasteiger partial charge >= 0.3 is 0 Å². The van der Waals surface area contributed by atoms with Crippen LogP contribution in [0.5, 0.6) is 0 Å². The number of halogens is 2. The van der Waals surface area contributed by atoms with Crippen molar-refractivity contribution in [2.45, 2.75) is 13.0 Å². The van der Waals surface area contributed by atoms with Crippen LogP contribution < -0.4 is 5.32 Å². The Morgan fingerprint density at radius 3 is 2.76 bits per heavy atom. The van der Waals surface area contributed by atoms with Crippen molar-refractivity contribution < 1.29 is 9.15 Å². The van der Waals surface area contributed by atoms with Gasteiger partial charge in [-0.2, -0.15) is 0 Å². The van der Waals surface area contributed by atoms with Crippen LogP contribution in [-0.2, 0) is 17.7 Å². The van der Waals surface area contributed by atoms with Crippen molar-refractivity contribution >= 4 is 41.5 Å². The molecule has 0 aliphatic heterocycles. The maximum Gasteiger partial charge on any atom is 0.194 e. The third-order valence-electron chi connectivity index (χ3n) is 3.52. The van der Waals surface area contributed by atoms with Crippen molar-refractivity contribution in [2.75, 3.05) is 33.9 Å². The maximum absolute atomic E-state index is 6.25. The Kier molecular flexibility index (Phi) is 10.6. The number of nitrogens with zero attached hydrogens (tertiary/aromatic N) is 2. The lowest BCUT2D eigenvalue weighted by atomic mass is 10.2. The molecule has 1 aromatic carbocycles. The zero-order chi connectivity index (χ0) is 17.2. The molecule has 0 bridgehead atoms. The van der Waals surface area contributed by atoms with Crippen LogP contribution in [0.4, 0.5) is 0 Å². The van der Waals surface area contributed by atoms with Gasteiger partial charge in [0.1, 0.15) is 5.76 Å². The van der Waals surface area contributed by atoms with E-state index in [1.165, 1.54) is 0 Å². The van der Waals surface area contributed by atoms with Gasteiger partial charge in [0.25, 0.3) is 0 Å². The van der Waals surface area contributed by atoms with E-state index in [-0.39, 0.29) is 24.0 Å². The molecule has 0 radical (unpaired) electrons. The van der Waals surface area contributed by atoms with Gasteiger partial charge in [0.15, 0.2) is 5.96 Å². The summed E-state index contributed by atoms with van der Waals surface area (Å²) in [5.41, 5.74) is 1.06. The lowest BCUT2D eigenvalue weighted by molar-refractivity contribution is 0.207. The second-order valence-electron chi connectivity index (χ2n) is 5.40. The summed E-state index contributed by atoms with van der Waals surface area (Å²) < 4.78 is 10.4. The molecule has 0 saturated heterocycles. The number of hydrogen-bond acceptors (Lipinski definition) is 3. The van der Waals surface area contributed by atoms with Gasteiger partial charge in [-0.3, -0.25) is 4.99 Å². The van der Waals surface area contributed by atoms with E-state index in [9.17, 15) is 0 Å². The summed E-state index contributed by atoms with van der Waals surface area (Å²) in [6.07, 6.45) is 2.49. The Morgan fingerprint density at radius 2 is 2.08 bits per heavy atom. The molecule has 2 aromatic rings. The van der Waals surface area contributed by atoms with Crippen molar-refractivity contribution in [2.24, 2.45) is 4.99 Å². The number of furan rings is 1. The number of benzene rings is 1. The van der Waals surface area contributed by atoms with Gasteiger partial charge in [0, 0.05) is 38.7 Å². The highest BCUT2D eigenvalue weighted by molar-refractivity contribution is 14.0. The fourth-order valence-corrected chi connectivity index (χ4v) is 2.46. The summed E-state index contributed by atoms with van der Waals surface area (Å²) in [6.45, 7) is 2.61. The highest BCUT2D eigenvalue weighted by atomic mass is 127. The topological polar surface area (TPSA) is 50.0 Å². The van der Waals surface area contributed by atoms with E-state index in [1.54, 1.807) is 13.4 Å². The smallest absolute Gasteiger partial charge is 0.194 e. The summed E-state index contributed by atoms with van der Waals surface area (Å²) in [7, 11) is 3.67. The third kappa shape index (κ3) is 7.66. The number of hydrogen-bond donors (Lipinski definition) is 1. The summed E-state index contributed by atoms with van der Waals surface area (Å²) >= 11 is 6.25. The van der Waals surface area contributed by atoms with E-state index in [4.69, 9.17) is 20.8 Å². The molecule has 0 atom stereocenters. The molecule has 138 valence electrons. The molecule has 25 heavy (non-hydrogen) atoms. The number of aliphatic imine (C=N–C) groups is 1. The first kappa shape index (κ1) is 21.8. The van der Waals surface area contributed by atoms with Crippen LogP contribution in [0.3, 0.4) is 0 Å². The molecular weight excluding hydrogens is 453 g/mol. The average molecular weight is 478 g/mol. The predicted molar refractivity (Wildman–Crippen MR) is 113 cm³/mol. The van der Waals surface area contributed by atoms with Crippen LogP contribution in [0.25, 0.3) is 0 Å². The van der Waals surface area contributed by atoms with Crippen molar-refractivity contribution in [3.05, 3.63) is 59.0 Å². The second-order valence-corrected chi connectivity index (χ2v) is 5.81. The minimum atomic E-state index is 0. The van der Waals surface area contributed by atoms with Crippen molar-refractivity contribution in [1.82, 2.24) is 10.2 Å². The highest BCUT2D eigenvalue weighted by Gasteiger charge is 2.09. The number of ether oxygens (including phenoxy) is 1. The van der Waals surface area contributed by atoms with Crippen LogP contribution in [0.1, 0.15) is 11.3 Å². The Bertz CT molecular complexity index is 635. The van der Waals surface area contributed by atoms with Crippen molar-refractivity contribution in [1.29, 1.82) is 0 Å². The molecule has 0 saturated carbocycles. The second kappa shape index (κ2) is 12.2. The molecule has 0 amide bonds. The van der Waals surface area contributed by atoms with Gasteiger partial charge in [-0.15, -0.1) is 24.0 Å². The average Bonchev–Trinajstić information content (AvgIpc) is 3.09.